The minimum absolute atomic E-state index is 0.106. The van der Waals surface area contributed by atoms with Gasteiger partial charge in [-0.05, 0) is 30.7 Å². The number of halogens is 3. The topological polar surface area (TPSA) is 78.2 Å². The molecule has 1 aliphatic heterocycles. The largest absolute Gasteiger partial charge is 0.481 e. The van der Waals surface area contributed by atoms with Crippen LogP contribution in [0.1, 0.15) is 12.0 Å². The molecule has 1 saturated heterocycles. The van der Waals surface area contributed by atoms with Gasteiger partial charge in [-0.25, -0.2) is 15.0 Å². The lowest BCUT2D eigenvalue weighted by Gasteiger charge is -2.18. The van der Waals surface area contributed by atoms with E-state index < -0.39 is 11.7 Å². The average molecular weight is 470 g/mol. The molecule has 1 atom stereocenters. The van der Waals surface area contributed by atoms with Crippen molar-refractivity contribution >= 4 is 16.9 Å². The Kier molecular flexibility index (Phi) is 5.56. The van der Waals surface area contributed by atoms with E-state index in [9.17, 15) is 13.2 Å². The van der Waals surface area contributed by atoms with Gasteiger partial charge in [-0.15, -0.1) is 0 Å². The van der Waals surface area contributed by atoms with Gasteiger partial charge in [-0.2, -0.15) is 13.2 Å². The standard InChI is InChI=1S/C23H21F3N6O2/c1-33-17-7-8-31(13-17)15-3-5-18(27-11-15)22-30-19-9-14(23(24,25)26)10-29-21(19)32(22)16-4-6-20(34-2)28-12-16/h3-6,9-12,17H,7-8,13H2,1-2H3. The second-order valence-corrected chi connectivity index (χ2v) is 7.89. The molecule has 0 saturated carbocycles. The Morgan fingerprint density at radius 3 is 2.38 bits per heavy atom. The van der Waals surface area contributed by atoms with E-state index in [4.69, 9.17) is 9.47 Å². The van der Waals surface area contributed by atoms with Crippen LogP contribution < -0.4 is 9.64 Å². The molecule has 0 aromatic carbocycles. The number of hydrogen-bond acceptors (Lipinski definition) is 7. The highest BCUT2D eigenvalue weighted by molar-refractivity contribution is 5.80. The minimum atomic E-state index is -4.53. The Morgan fingerprint density at radius 2 is 1.76 bits per heavy atom. The fraction of sp³-hybridized carbons (Fsp3) is 0.304. The predicted molar refractivity (Wildman–Crippen MR) is 119 cm³/mol. The lowest BCUT2D eigenvalue weighted by atomic mass is 10.2. The average Bonchev–Trinajstić information content (AvgIpc) is 3.48. The molecule has 0 spiro atoms. The normalized spacial score (nSPS) is 16.4. The molecule has 4 aromatic rings. The molecular formula is C23H21F3N6O2. The fourth-order valence-corrected chi connectivity index (χ4v) is 4.02. The number of alkyl halides is 3. The SMILES string of the molecule is COc1ccc(-n2c(-c3ccc(N4CCC(OC)C4)cn3)nc3cc(C(F)(F)F)cnc32)cn1. The van der Waals surface area contributed by atoms with Crippen LogP contribution in [0, 0.1) is 0 Å². The number of aromatic nitrogens is 5. The Balaban J connectivity index is 1.60. The predicted octanol–water partition coefficient (Wildman–Crippen LogP) is 4.13. The highest BCUT2D eigenvalue weighted by atomic mass is 19.4. The van der Waals surface area contributed by atoms with Crippen molar-refractivity contribution in [1.29, 1.82) is 0 Å². The summed E-state index contributed by atoms with van der Waals surface area (Å²) in [4.78, 5) is 19.5. The summed E-state index contributed by atoms with van der Waals surface area (Å²) in [6.07, 6.45) is 0.677. The summed E-state index contributed by atoms with van der Waals surface area (Å²) in [5.41, 5.74) is 1.51. The quantitative estimate of drug-likeness (QED) is 0.434. The van der Waals surface area contributed by atoms with E-state index in [2.05, 4.69) is 24.8 Å². The molecule has 176 valence electrons. The van der Waals surface area contributed by atoms with Gasteiger partial charge in [-0.1, -0.05) is 0 Å². The van der Waals surface area contributed by atoms with Crippen LogP contribution in [0.4, 0.5) is 18.9 Å². The number of hydrogen-bond donors (Lipinski definition) is 0. The summed E-state index contributed by atoms with van der Waals surface area (Å²) in [5, 5.41) is 0. The molecule has 34 heavy (non-hydrogen) atoms. The summed E-state index contributed by atoms with van der Waals surface area (Å²) in [7, 11) is 3.20. The maximum atomic E-state index is 13.3. The number of anilines is 1. The molecule has 0 bridgehead atoms. The smallest absolute Gasteiger partial charge is 0.417 e. The van der Waals surface area contributed by atoms with Gasteiger partial charge < -0.3 is 14.4 Å². The highest BCUT2D eigenvalue weighted by Gasteiger charge is 2.32. The summed E-state index contributed by atoms with van der Waals surface area (Å²) in [6.45, 7) is 1.64. The van der Waals surface area contributed by atoms with E-state index in [1.807, 2.05) is 6.07 Å². The van der Waals surface area contributed by atoms with Crippen LogP contribution in [0.3, 0.4) is 0 Å². The van der Waals surface area contributed by atoms with Crippen molar-refractivity contribution < 1.29 is 22.6 Å². The van der Waals surface area contributed by atoms with Crippen LogP contribution in [0.5, 0.6) is 5.88 Å². The summed E-state index contributed by atoms with van der Waals surface area (Å²) < 4.78 is 52.0. The Morgan fingerprint density at radius 1 is 0.971 bits per heavy atom. The van der Waals surface area contributed by atoms with Gasteiger partial charge >= 0.3 is 6.18 Å². The van der Waals surface area contributed by atoms with Crippen molar-refractivity contribution in [3.63, 3.8) is 0 Å². The highest BCUT2D eigenvalue weighted by Crippen LogP contribution is 2.33. The van der Waals surface area contributed by atoms with Crippen LogP contribution >= 0.6 is 0 Å². The van der Waals surface area contributed by atoms with Crippen molar-refractivity contribution in [2.24, 2.45) is 0 Å². The third kappa shape index (κ3) is 4.03. The maximum absolute atomic E-state index is 13.3. The monoisotopic (exact) mass is 470 g/mol. The summed E-state index contributed by atoms with van der Waals surface area (Å²) >= 11 is 0. The number of fused-ring (bicyclic) bond motifs is 1. The van der Waals surface area contributed by atoms with Crippen molar-refractivity contribution in [2.45, 2.75) is 18.7 Å². The van der Waals surface area contributed by atoms with E-state index in [1.165, 1.54) is 7.11 Å². The lowest BCUT2D eigenvalue weighted by Crippen LogP contribution is -2.22. The molecule has 0 N–H and O–H groups in total. The van der Waals surface area contributed by atoms with Gasteiger partial charge in [0.25, 0.3) is 0 Å². The first-order chi connectivity index (χ1) is 16.4. The fourth-order valence-electron chi connectivity index (χ4n) is 4.02. The number of methoxy groups -OCH3 is 2. The van der Waals surface area contributed by atoms with Crippen molar-refractivity contribution in [2.75, 3.05) is 32.2 Å². The van der Waals surface area contributed by atoms with Crippen molar-refractivity contribution in [1.82, 2.24) is 24.5 Å². The van der Waals surface area contributed by atoms with E-state index in [0.717, 1.165) is 37.5 Å². The zero-order valence-electron chi connectivity index (χ0n) is 18.5. The first-order valence-corrected chi connectivity index (χ1v) is 10.6. The van der Waals surface area contributed by atoms with Gasteiger partial charge in [-0.3, -0.25) is 9.55 Å². The molecule has 1 aliphatic rings. The molecule has 0 radical (unpaired) electrons. The molecule has 0 amide bonds. The van der Waals surface area contributed by atoms with E-state index in [-0.39, 0.29) is 17.3 Å². The Hall–Kier alpha value is -3.73. The Bertz CT molecular complexity index is 1310. The van der Waals surface area contributed by atoms with Gasteiger partial charge in [0, 0.05) is 32.5 Å². The van der Waals surface area contributed by atoms with Gasteiger partial charge in [0.15, 0.2) is 11.5 Å². The molecule has 5 rings (SSSR count). The third-order valence-corrected chi connectivity index (χ3v) is 5.83. The van der Waals surface area contributed by atoms with Gasteiger partial charge in [0.05, 0.1) is 42.5 Å². The molecule has 5 heterocycles. The van der Waals surface area contributed by atoms with Crippen molar-refractivity contribution in [3.05, 3.63) is 54.5 Å². The molecule has 0 aliphatic carbocycles. The van der Waals surface area contributed by atoms with Crippen LogP contribution in [0.25, 0.3) is 28.4 Å². The zero-order chi connectivity index (χ0) is 23.9. The second kappa shape index (κ2) is 8.56. The summed E-state index contributed by atoms with van der Waals surface area (Å²) in [6, 6.07) is 8.10. The third-order valence-electron chi connectivity index (χ3n) is 5.83. The van der Waals surface area contributed by atoms with Gasteiger partial charge in [0.1, 0.15) is 11.2 Å². The molecule has 8 nitrogen and oxygen atoms in total. The molecule has 1 fully saturated rings. The summed E-state index contributed by atoms with van der Waals surface area (Å²) in [5.74, 6) is 0.765. The number of rotatable bonds is 5. The number of ether oxygens (including phenoxy) is 2. The molecule has 11 heteroatoms. The second-order valence-electron chi connectivity index (χ2n) is 7.89. The van der Waals surface area contributed by atoms with E-state index in [0.29, 0.717) is 23.1 Å². The lowest BCUT2D eigenvalue weighted by molar-refractivity contribution is -0.137. The van der Waals surface area contributed by atoms with Crippen LogP contribution in [-0.4, -0.2) is 57.9 Å². The van der Waals surface area contributed by atoms with Crippen LogP contribution in [0.15, 0.2) is 48.9 Å². The first kappa shape index (κ1) is 22.1. The molecule has 1 unspecified atom stereocenters. The molecule has 4 aromatic heterocycles. The van der Waals surface area contributed by atoms with E-state index >= 15 is 0 Å². The number of pyridine rings is 3. The van der Waals surface area contributed by atoms with Gasteiger partial charge in [0.2, 0.25) is 5.88 Å². The number of imidazole rings is 1. The Labute approximate surface area is 193 Å². The van der Waals surface area contributed by atoms with Crippen LogP contribution in [0.2, 0.25) is 0 Å². The molecular weight excluding hydrogens is 449 g/mol. The zero-order valence-corrected chi connectivity index (χ0v) is 18.5. The minimum Gasteiger partial charge on any atom is -0.481 e. The van der Waals surface area contributed by atoms with Crippen molar-refractivity contribution in [3.8, 4) is 23.1 Å². The first-order valence-electron chi connectivity index (χ1n) is 10.6. The maximum Gasteiger partial charge on any atom is 0.417 e. The van der Waals surface area contributed by atoms with Crippen LogP contribution in [-0.2, 0) is 10.9 Å². The van der Waals surface area contributed by atoms with E-state index in [1.54, 1.807) is 42.3 Å². The number of nitrogens with zero attached hydrogens (tertiary/aromatic N) is 6.